The predicted molar refractivity (Wildman–Crippen MR) is 154 cm³/mol. The predicted octanol–water partition coefficient (Wildman–Crippen LogP) is 4.62. The Morgan fingerprint density at radius 2 is 1.83 bits per heavy atom. The summed E-state index contributed by atoms with van der Waals surface area (Å²) in [5.74, 6) is -0.552. The number of pyridine rings is 2. The van der Waals surface area contributed by atoms with Gasteiger partial charge in [0.05, 0.1) is 29.2 Å². The Labute approximate surface area is 233 Å². The number of rotatable bonds is 7. The summed E-state index contributed by atoms with van der Waals surface area (Å²) in [6.45, 7) is -0.0584. The standard InChI is InChI=1S/C28H24F2N8O2S/c1-38(2)19-9-17(13-31-14-19)21-10-22-24(11-23(21)30)36-37-26(22)28-34-25-20(4-5-32-27(25)35-28)16-6-15(7-18(29)8-16)12-33-41(3,39)40/h4-11,13-14,33H,12H2,1-3H3,(H,36,37)(H,32,34,35). The van der Waals surface area contributed by atoms with Crippen molar-refractivity contribution in [1.82, 2.24) is 34.9 Å². The van der Waals surface area contributed by atoms with Gasteiger partial charge in [-0.15, -0.1) is 0 Å². The Bertz CT molecular complexity index is 2050. The molecule has 0 radical (unpaired) electrons. The van der Waals surface area contributed by atoms with Gasteiger partial charge in [0.25, 0.3) is 0 Å². The van der Waals surface area contributed by atoms with Crippen LogP contribution in [0.25, 0.3) is 55.8 Å². The van der Waals surface area contributed by atoms with Crippen molar-refractivity contribution < 1.29 is 17.2 Å². The van der Waals surface area contributed by atoms with Gasteiger partial charge in [-0.1, -0.05) is 0 Å². The lowest BCUT2D eigenvalue weighted by atomic mass is 10.0. The average Bonchev–Trinajstić information content (AvgIpc) is 3.54. The highest BCUT2D eigenvalue weighted by atomic mass is 32.2. The number of imidazole rings is 1. The lowest BCUT2D eigenvalue weighted by molar-refractivity contribution is 0.586. The number of sulfonamides is 1. The van der Waals surface area contributed by atoms with Crippen molar-refractivity contribution in [2.24, 2.45) is 0 Å². The van der Waals surface area contributed by atoms with Crippen LogP contribution in [0.2, 0.25) is 0 Å². The highest BCUT2D eigenvalue weighted by molar-refractivity contribution is 7.88. The van der Waals surface area contributed by atoms with Crippen LogP contribution in [0.1, 0.15) is 5.56 Å². The Morgan fingerprint density at radius 1 is 1.00 bits per heavy atom. The molecule has 2 aromatic carbocycles. The molecule has 0 atom stereocenters. The molecule has 0 unspecified atom stereocenters. The second-order valence-electron chi connectivity index (χ2n) is 9.86. The molecule has 0 fully saturated rings. The van der Waals surface area contributed by atoms with Crippen molar-refractivity contribution in [2.45, 2.75) is 6.54 Å². The van der Waals surface area contributed by atoms with Crippen LogP contribution < -0.4 is 9.62 Å². The van der Waals surface area contributed by atoms with Crippen molar-refractivity contribution in [3.8, 4) is 33.8 Å². The van der Waals surface area contributed by atoms with Gasteiger partial charge >= 0.3 is 0 Å². The first-order chi connectivity index (χ1) is 19.6. The van der Waals surface area contributed by atoms with E-state index in [-0.39, 0.29) is 6.54 Å². The van der Waals surface area contributed by atoms with E-state index in [0.29, 0.717) is 61.4 Å². The summed E-state index contributed by atoms with van der Waals surface area (Å²) in [7, 11) is 0.315. The molecule has 0 aliphatic rings. The zero-order chi connectivity index (χ0) is 28.9. The first kappa shape index (κ1) is 26.5. The number of fused-ring (bicyclic) bond motifs is 2. The summed E-state index contributed by atoms with van der Waals surface area (Å²) in [4.78, 5) is 18.4. The quantitative estimate of drug-likeness (QED) is 0.253. The average molecular weight is 575 g/mol. The molecule has 4 aromatic heterocycles. The first-order valence-corrected chi connectivity index (χ1v) is 14.3. The van der Waals surface area contributed by atoms with Crippen molar-refractivity contribution in [3.63, 3.8) is 0 Å². The summed E-state index contributed by atoms with van der Waals surface area (Å²) in [5.41, 5.74) is 5.25. The monoisotopic (exact) mass is 574 g/mol. The molecule has 0 amide bonds. The van der Waals surface area contributed by atoms with E-state index in [1.807, 2.05) is 25.1 Å². The number of hydrogen-bond acceptors (Lipinski definition) is 7. The summed E-state index contributed by atoms with van der Waals surface area (Å²) < 4.78 is 55.1. The molecule has 6 rings (SSSR count). The fraction of sp³-hybridized carbons (Fsp3) is 0.143. The van der Waals surface area contributed by atoms with E-state index >= 15 is 4.39 Å². The van der Waals surface area contributed by atoms with Crippen LogP contribution in [0.15, 0.2) is 61.1 Å². The molecule has 0 spiro atoms. The fourth-order valence-electron chi connectivity index (χ4n) is 4.65. The van der Waals surface area contributed by atoms with Gasteiger partial charge in [-0.2, -0.15) is 5.10 Å². The zero-order valence-corrected chi connectivity index (χ0v) is 23.0. The van der Waals surface area contributed by atoms with E-state index in [0.717, 1.165) is 11.9 Å². The molecule has 0 bridgehead atoms. The third kappa shape index (κ3) is 5.24. The third-order valence-corrected chi connectivity index (χ3v) is 7.29. The molecule has 4 heterocycles. The highest BCUT2D eigenvalue weighted by Gasteiger charge is 2.19. The molecule has 6 aromatic rings. The number of aromatic amines is 2. The van der Waals surface area contributed by atoms with E-state index in [4.69, 9.17) is 0 Å². The van der Waals surface area contributed by atoms with Gasteiger partial charge in [0.2, 0.25) is 10.0 Å². The van der Waals surface area contributed by atoms with Crippen LogP contribution in [0, 0.1) is 11.6 Å². The summed E-state index contributed by atoms with van der Waals surface area (Å²) in [6, 6.07) is 11.0. The molecule has 0 aliphatic carbocycles. The summed E-state index contributed by atoms with van der Waals surface area (Å²) >= 11 is 0. The van der Waals surface area contributed by atoms with Gasteiger partial charge in [-0.05, 0) is 47.5 Å². The van der Waals surface area contributed by atoms with Crippen LogP contribution in [0.4, 0.5) is 14.5 Å². The molecule has 0 saturated carbocycles. The maximum atomic E-state index is 15.2. The minimum absolute atomic E-state index is 0.0584. The van der Waals surface area contributed by atoms with Crippen molar-refractivity contribution >= 4 is 37.8 Å². The van der Waals surface area contributed by atoms with Crippen LogP contribution >= 0.6 is 0 Å². The highest BCUT2D eigenvalue weighted by Crippen LogP contribution is 2.34. The smallest absolute Gasteiger partial charge is 0.209 e. The van der Waals surface area contributed by atoms with Crippen molar-refractivity contribution in [2.75, 3.05) is 25.3 Å². The van der Waals surface area contributed by atoms with Gasteiger partial charge < -0.3 is 9.88 Å². The lowest BCUT2D eigenvalue weighted by Gasteiger charge is -2.13. The van der Waals surface area contributed by atoms with Crippen LogP contribution in [-0.2, 0) is 16.6 Å². The minimum atomic E-state index is -3.45. The molecule has 13 heteroatoms. The molecule has 0 saturated heterocycles. The molecule has 10 nitrogen and oxygen atoms in total. The number of nitrogens with zero attached hydrogens (tertiary/aromatic N) is 5. The molecule has 0 aliphatic heterocycles. The molecule has 41 heavy (non-hydrogen) atoms. The van der Waals surface area contributed by atoms with E-state index in [1.54, 1.807) is 36.8 Å². The maximum Gasteiger partial charge on any atom is 0.209 e. The van der Waals surface area contributed by atoms with E-state index in [2.05, 4.69) is 34.9 Å². The Balaban J connectivity index is 1.44. The lowest BCUT2D eigenvalue weighted by Crippen LogP contribution is -2.21. The van der Waals surface area contributed by atoms with E-state index in [9.17, 15) is 12.8 Å². The van der Waals surface area contributed by atoms with Crippen molar-refractivity contribution in [3.05, 3.63) is 78.3 Å². The largest absolute Gasteiger partial charge is 0.376 e. The van der Waals surface area contributed by atoms with Gasteiger partial charge in [0, 0.05) is 61.2 Å². The third-order valence-electron chi connectivity index (χ3n) is 6.63. The van der Waals surface area contributed by atoms with E-state index in [1.165, 1.54) is 18.2 Å². The number of nitrogens with one attached hydrogen (secondary N) is 3. The number of benzene rings is 2. The van der Waals surface area contributed by atoms with Crippen molar-refractivity contribution in [1.29, 1.82) is 0 Å². The normalized spacial score (nSPS) is 11.9. The Hall–Kier alpha value is -4.75. The van der Waals surface area contributed by atoms with Gasteiger partial charge in [0.15, 0.2) is 11.5 Å². The van der Waals surface area contributed by atoms with Gasteiger partial charge in [-0.25, -0.2) is 31.9 Å². The maximum absolute atomic E-state index is 15.2. The first-order valence-electron chi connectivity index (χ1n) is 12.5. The van der Waals surface area contributed by atoms with Crippen LogP contribution in [0.5, 0.6) is 0 Å². The summed E-state index contributed by atoms with van der Waals surface area (Å²) in [6.07, 6.45) is 5.90. The number of aromatic nitrogens is 6. The Morgan fingerprint density at radius 3 is 2.61 bits per heavy atom. The number of anilines is 1. The molecular weight excluding hydrogens is 550 g/mol. The zero-order valence-electron chi connectivity index (χ0n) is 22.2. The van der Waals surface area contributed by atoms with Gasteiger partial charge in [-0.3, -0.25) is 10.1 Å². The molecule has 3 N–H and O–H groups in total. The van der Waals surface area contributed by atoms with Crippen LogP contribution in [-0.4, -0.2) is 58.9 Å². The number of halogens is 2. The summed E-state index contributed by atoms with van der Waals surface area (Å²) in [5, 5.41) is 7.90. The van der Waals surface area contributed by atoms with E-state index < -0.39 is 21.7 Å². The second kappa shape index (κ2) is 10.0. The number of H-pyrrole nitrogens is 2. The fourth-order valence-corrected chi connectivity index (χ4v) is 5.07. The second-order valence-corrected chi connectivity index (χ2v) is 11.7. The minimum Gasteiger partial charge on any atom is -0.376 e. The molecule has 208 valence electrons. The van der Waals surface area contributed by atoms with Crippen LogP contribution in [0.3, 0.4) is 0 Å². The van der Waals surface area contributed by atoms with Gasteiger partial charge in [0.1, 0.15) is 17.3 Å². The topological polar surface area (TPSA) is 133 Å². The SMILES string of the molecule is CN(C)c1cncc(-c2cc3c(-c4nc5nccc(-c6cc(F)cc(CNS(C)(=O)=O)c6)c5[nH]4)n[nH]c3cc2F)c1. The number of hydrogen-bond donors (Lipinski definition) is 3. The molecular formula is C28H24F2N8O2S. The Kier molecular flexibility index (Phi) is 6.47.